The molecule has 0 unspecified atom stereocenters. The van der Waals surface area contributed by atoms with Gasteiger partial charge in [0.15, 0.2) is 6.20 Å². The van der Waals surface area contributed by atoms with E-state index in [1.165, 1.54) is 48.8 Å². The van der Waals surface area contributed by atoms with E-state index in [2.05, 4.69) is 68.1 Å². The van der Waals surface area contributed by atoms with Crippen LogP contribution >= 0.6 is 0 Å². The van der Waals surface area contributed by atoms with Gasteiger partial charge in [-0.1, -0.05) is 31.4 Å². The maximum atomic E-state index is 9.93. The summed E-state index contributed by atoms with van der Waals surface area (Å²) in [5.74, 6) is 0.520. The van der Waals surface area contributed by atoms with Crippen LogP contribution in [0.1, 0.15) is 60.3 Å². The van der Waals surface area contributed by atoms with Crippen LogP contribution in [-0.4, -0.2) is 0 Å². The first-order valence-corrected chi connectivity index (χ1v) is 10.9. The zero-order chi connectivity index (χ0) is 20.8. The normalized spacial score (nSPS) is 15.0. The van der Waals surface area contributed by atoms with Gasteiger partial charge in [0, 0.05) is 28.5 Å². The van der Waals surface area contributed by atoms with Crippen molar-refractivity contribution in [1.29, 1.82) is 5.26 Å². The van der Waals surface area contributed by atoms with E-state index >= 15 is 0 Å². The summed E-state index contributed by atoms with van der Waals surface area (Å²) < 4.78 is 8.85. The molecule has 0 radical (unpaired) electrons. The topological polar surface area (TPSA) is 40.8 Å². The number of aromatic nitrogens is 1. The van der Waals surface area contributed by atoms with Crippen LogP contribution in [0.2, 0.25) is 0 Å². The van der Waals surface area contributed by atoms with Crippen LogP contribution in [0.4, 0.5) is 0 Å². The fourth-order valence-corrected chi connectivity index (χ4v) is 5.35. The highest BCUT2D eigenvalue weighted by Crippen LogP contribution is 2.44. The van der Waals surface area contributed by atoms with Crippen molar-refractivity contribution in [3.8, 4) is 17.3 Å². The SMILES string of the molecule is Cc1ccc2c(oc3c(C4CCCCC4)c(C)cc(C#N)c32)c1-c1cccc[n+]1C. The summed E-state index contributed by atoms with van der Waals surface area (Å²) in [5.41, 5.74) is 8.46. The Balaban J connectivity index is 1.90. The van der Waals surface area contributed by atoms with Gasteiger partial charge in [0.05, 0.1) is 17.2 Å². The van der Waals surface area contributed by atoms with Gasteiger partial charge in [-0.25, -0.2) is 4.57 Å². The molecule has 4 aromatic rings. The third kappa shape index (κ3) is 2.82. The number of nitriles is 1. The summed E-state index contributed by atoms with van der Waals surface area (Å²) in [4.78, 5) is 0. The molecule has 1 saturated carbocycles. The van der Waals surface area contributed by atoms with E-state index in [0.29, 0.717) is 11.5 Å². The van der Waals surface area contributed by atoms with E-state index in [1.807, 2.05) is 6.07 Å². The fourth-order valence-electron chi connectivity index (χ4n) is 5.35. The second kappa shape index (κ2) is 7.29. The minimum atomic E-state index is 0.520. The molecule has 1 fully saturated rings. The quantitative estimate of drug-likeness (QED) is 0.358. The zero-order valence-electron chi connectivity index (χ0n) is 18.0. The number of rotatable bonds is 2. The van der Waals surface area contributed by atoms with Crippen molar-refractivity contribution in [3.05, 3.63) is 64.8 Å². The van der Waals surface area contributed by atoms with E-state index in [0.717, 1.165) is 33.2 Å². The van der Waals surface area contributed by atoms with Crippen molar-refractivity contribution < 1.29 is 8.98 Å². The Bertz CT molecular complexity index is 1320. The van der Waals surface area contributed by atoms with Gasteiger partial charge in [0.1, 0.15) is 18.2 Å². The molecular formula is C27H27N2O+. The van der Waals surface area contributed by atoms with Crippen molar-refractivity contribution in [1.82, 2.24) is 0 Å². The largest absolute Gasteiger partial charge is 0.455 e. The molecule has 2 aromatic carbocycles. The molecule has 1 aliphatic rings. The van der Waals surface area contributed by atoms with E-state index < -0.39 is 0 Å². The number of aryl methyl sites for hydroxylation is 3. The van der Waals surface area contributed by atoms with Crippen molar-refractivity contribution in [2.75, 3.05) is 0 Å². The van der Waals surface area contributed by atoms with Crippen molar-refractivity contribution in [3.63, 3.8) is 0 Å². The first-order chi connectivity index (χ1) is 14.6. The molecule has 1 aliphatic carbocycles. The molecule has 2 aromatic heterocycles. The lowest BCUT2D eigenvalue weighted by atomic mass is 9.81. The van der Waals surface area contributed by atoms with Crippen LogP contribution in [0, 0.1) is 25.2 Å². The molecule has 3 nitrogen and oxygen atoms in total. The number of fused-ring (bicyclic) bond motifs is 3. The van der Waals surface area contributed by atoms with Gasteiger partial charge in [-0.3, -0.25) is 0 Å². The molecule has 30 heavy (non-hydrogen) atoms. The smallest absolute Gasteiger partial charge is 0.216 e. The first-order valence-electron chi connectivity index (χ1n) is 10.9. The Hall–Kier alpha value is -3.12. The van der Waals surface area contributed by atoms with E-state index in [9.17, 15) is 5.26 Å². The summed E-state index contributed by atoms with van der Waals surface area (Å²) >= 11 is 0. The molecule has 3 heteroatoms. The van der Waals surface area contributed by atoms with Gasteiger partial charge >= 0.3 is 0 Å². The highest BCUT2D eigenvalue weighted by molar-refractivity contribution is 6.13. The third-order valence-corrected chi connectivity index (χ3v) is 6.81. The Morgan fingerprint density at radius 3 is 2.53 bits per heavy atom. The van der Waals surface area contributed by atoms with Gasteiger partial charge in [-0.2, -0.15) is 5.26 Å². The second-order valence-electron chi connectivity index (χ2n) is 8.74. The number of pyridine rings is 1. The van der Waals surface area contributed by atoms with Crippen LogP contribution < -0.4 is 4.57 Å². The summed E-state index contributed by atoms with van der Waals surface area (Å²) in [6.07, 6.45) is 8.35. The average Bonchev–Trinajstić information content (AvgIpc) is 3.13. The van der Waals surface area contributed by atoms with Crippen molar-refractivity contribution >= 4 is 21.9 Å². The van der Waals surface area contributed by atoms with E-state index in [1.54, 1.807) is 0 Å². The van der Waals surface area contributed by atoms with Crippen LogP contribution in [0.15, 0.2) is 47.0 Å². The third-order valence-electron chi connectivity index (χ3n) is 6.81. The standard InChI is InChI=1S/C27H27N2O/c1-17-12-13-21-25-20(16-28)15-18(2)23(19-9-5-4-6-10-19)27(25)30-26(21)24(17)22-11-7-8-14-29(22)3/h7-8,11-15,19H,4-6,9-10H2,1-3H3/q+1. The molecule has 0 atom stereocenters. The van der Waals surface area contributed by atoms with Gasteiger partial charge in [0.2, 0.25) is 5.69 Å². The predicted molar refractivity (Wildman–Crippen MR) is 120 cm³/mol. The molecule has 0 spiro atoms. The number of benzene rings is 2. The predicted octanol–water partition coefficient (Wildman–Crippen LogP) is 6.61. The number of hydrogen-bond acceptors (Lipinski definition) is 2. The lowest BCUT2D eigenvalue weighted by Gasteiger charge is -2.24. The average molecular weight is 396 g/mol. The molecule has 2 heterocycles. The van der Waals surface area contributed by atoms with Crippen molar-refractivity contribution in [2.24, 2.45) is 7.05 Å². The highest BCUT2D eigenvalue weighted by atomic mass is 16.3. The lowest BCUT2D eigenvalue weighted by Crippen LogP contribution is -2.30. The van der Waals surface area contributed by atoms with Gasteiger partial charge < -0.3 is 4.42 Å². The highest BCUT2D eigenvalue weighted by Gasteiger charge is 2.27. The number of hydrogen-bond donors (Lipinski definition) is 0. The van der Waals surface area contributed by atoms with E-state index in [4.69, 9.17) is 4.42 Å². The monoisotopic (exact) mass is 395 g/mol. The summed E-state index contributed by atoms with van der Waals surface area (Å²) in [5, 5.41) is 12.0. The van der Waals surface area contributed by atoms with Gasteiger partial charge in [-0.15, -0.1) is 0 Å². The molecule has 150 valence electrons. The first kappa shape index (κ1) is 18.9. The maximum absolute atomic E-state index is 9.93. The van der Waals surface area contributed by atoms with Crippen LogP contribution in [0.3, 0.4) is 0 Å². The maximum Gasteiger partial charge on any atom is 0.216 e. The van der Waals surface area contributed by atoms with Crippen LogP contribution in [-0.2, 0) is 7.05 Å². The minimum absolute atomic E-state index is 0.520. The lowest BCUT2D eigenvalue weighted by molar-refractivity contribution is -0.660. The van der Waals surface area contributed by atoms with Gasteiger partial charge in [-0.05, 0) is 55.9 Å². The molecular weight excluding hydrogens is 368 g/mol. The van der Waals surface area contributed by atoms with Crippen LogP contribution in [0.25, 0.3) is 33.2 Å². The summed E-state index contributed by atoms with van der Waals surface area (Å²) in [6.45, 7) is 4.27. The number of furan rings is 1. The second-order valence-corrected chi connectivity index (χ2v) is 8.74. The summed E-state index contributed by atoms with van der Waals surface area (Å²) in [7, 11) is 2.06. The summed E-state index contributed by atoms with van der Waals surface area (Å²) in [6, 6.07) is 15.0. The van der Waals surface area contributed by atoms with E-state index in [-0.39, 0.29) is 0 Å². The molecule has 5 rings (SSSR count). The Labute approximate surface area is 177 Å². The minimum Gasteiger partial charge on any atom is -0.455 e. The Morgan fingerprint density at radius 2 is 1.80 bits per heavy atom. The Kier molecular flexibility index (Phi) is 4.59. The molecule has 0 amide bonds. The Morgan fingerprint density at radius 1 is 1.00 bits per heavy atom. The molecule has 0 N–H and O–H groups in total. The number of nitrogens with zero attached hydrogens (tertiary/aromatic N) is 2. The zero-order valence-corrected chi connectivity index (χ0v) is 18.0. The molecule has 0 saturated heterocycles. The molecule has 0 aliphatic heterocycles. The van der Waals surface area contributed by atoms with Gasteiger partial charge in [0.25, 0.3) is 0 Å². The van der Waals surface area contributed by atoms with Crippen LogP contribution in [0.5, 0.6) is 0 Å². The fraction of sp³-hybridized carbons (Fsp3) is 0.333. The van der Waals surface area contributed by atoms with Crippen molar-refractivity contribution in [2.45, 2.75) is 51.9 Å². The molecule has 0 bridgehead atoms.